The van der Waals surface area contributed by atoms with Crippen LogP contribution in [0.5, 0.6) is 0 Å². The first-order valence-electron chi connectivity index (χ1n) is 8.18. The van der Waals surface area contributed by atoms with Crippen molar-refractivity contribution in [1.29, 1.82) is 0 Å². The molecule has 3 aromatic rings. The molecule has 25 heavy (non-hydrogen) atoms. The van der Waals surface area contributed by atoms with Crippen molar-refractivity contribution in [1.82, 2.24) is 15.3 Å². The van der Waals surface area contributed by atoms with Crippen LogP contribution in [0.1, 0.15) is 12.5 Å². The van der Waals surface area contributed by atoms with Gasteiger partial charge in [-0.2, -0.15) is 0 Å². The molecule has 0 amide bonds. The van der Waals surface area contributed by atoms with E-state index in [4.69, 9.17) is 0 Å². The SMILES string of the molecule is CCN[C@@H](Cc1ccc(Nc2nccc3ccncc23)cc1)C(=O)O. The van der Waals surface area contributed by atoms with Crippen molar-refractivity contribution in [2.75, 3.05) is 11.9 Å². The molecule has 6 nitrogen and oxygen atoms in total. The quantitative estimate of drug-likeness (QED) is 0.615. The van der Waals surface area contributed by atoms with Gasteiger partial charge in [-0.15, -0.1) is 0 Å². The fourth-order valence-electron chi connectivity index (χ4n) is 2.70. The Bertz CT molecular complexity index is 859. The van der Waals surface area contributed by atoms with Crippen LogP contribution in [0.4, 0.5) is 11.5 Å². The Labute approximate surface area is 145 Å². The number of aromatic nitrogens is 2. The summed E-state index contributed by atoms with van der Waals surface area (Å²) in [6.07, 6.45) is 5.74. The molecule has 0 saturated carbocycles. The standard InChI is InChI=1S/C19H20N4O2/c1-2-21-17(19(24)25)11-13-3-5-15(6-4-13)23-18-16-12-20-9-7-14(16)8-10-22-18/h3-10,12,17,21H,2,11H2,1H3,(H,22,23)(H,24,25)/t17-/m0/s1. The zero-order valence-electron chi connectivity index (χ0n) is 13.9. The van der Waals surface area contributed by atoms with Crippen molar-refractivity contribution in [2.45, 2.75) is 19.4 Å². The van der Waals surface area contributed by atoms with E-state index < -0.39 is 12.0 Å². The zero-order valence-corrected chi connectivity index (χ0v) is 13.9. The van der Waals surface area contributed by atoms with Gasteiger partial charge in [0.1, 0.15) is 11.9 Å². The summed E-state index contributed by atoms with van der Waals surface area (Å²) in [6, 6.07) is 11.0. The monoisotopic (exact) mass is 336 g/mol. The first-order valence-corrected chi connectivity index (χ1v) is 8.18. The van der Waals surface area contributed by atoms with E-state index in [2.05, 4.69) is 20.6 Å². The molecular formula is C19H20N4O2. The van der Waals surface area contributed by atoms with E-state index in [9.17, 15) is 9.90 Å². The molecule has 1 aromatic carbocycles. The van der Waals surface area contributed by atoms with Crippen LogP contribution in [0, 0.1) is 0 Å². The number of anilines is 2. The van der Waals surface area contributed by atoms with E-state index in [0.29, 0.717) is 13.0 Å². The van der Waals surface area contributed by atoms with Crippen molar-refractivity contribution >= 4 is 28.2 Å². The zero-order chi connectivity index (χ0) is 17.6. The Hall–Kier alpha value is -2.99. The lowest BCUT2D eigenvalue weighted by molar-refractivity contribution is -0.139. The minimum atomic E-state index is -0.837. The summed E-state index contributed by atoms with van der Waals surface area (Å²) in [5.41, 5.74) is 1.86. The third kappa shape index (κ3) is 4.10. The molecule has 6 heteroatoms. The Kier molecular flexibility index (Phi) is 5.20. The van der Waals surface area contributed by atoms with Gasteiger partial charge in [-0.05, 0) is 48.2 Å². The second kappa shape index (κ2) is 7.72. The summed E-state index contributed by atoms with van der Waals surface area (Å²) in [5.74, 6) is -0.0917. The van der Waals surface area contributed by atoms with Crippen LogP contribution < -0.4 is 10.6 Å². The average Bonchev–Trinajstić information content (AvgIpc) is 2.63. The summed E-state index contributed by atoms with van der Waals surface area (Å²) < 4.78 is 0. The molecule has 3 rings (SSSR count). The van der Waals surface area contributed by atoms with Gasteiger partial charge in [-0.3, -0.25) is 9.78 Å². The molecule has 0 unspecified atom stereocenters. The molecule has 0 aliphatic rings. The number of carboxylic acid groups (broad SMARTS) is 1. The molecule has 128 valence electrons. The number of carbonyl (C=O) groups is 1. The number of pyridine rings is 2. The third-order valence-corrected chi connectivity index (χ3v) is 3.97. The Morgan fingerprint density at radius 3 is 2.64 bits per heavy atom. The molecule has 3 N–H and O–H groups in total. The predicted molar refractivity (Wildman–Crippen MR) is 98.1 cm³/mol. The van der Waals surface area contributed by atoms with Crippen molar-refractivity contribution in [3.05, 3.63) is 60.6 Å². The van der Waals surface area contributed by atoms with Crippen molar-refractivity contribution in [3.8, 4) is 0 Å². The largest absolute Gasteiger partial charge is 0.480 e. The van der Waals surface area contributed by atoms with Crippen LogP contribution in [-0.2, 0) is 11.2 Å². The maximum absolute atomic E-state index is 11.2. The summed E-state index contributed by atoms with van der Waals surface area (Å²) >= 11 is 0. The number of fused-ring (bicyclic) bond motifs is 1. The van der Waals surface area contributed by atoms with E-state index >= 15 is 0 Å². The summed E-state index contributed by atoms with van der Waals surface area (Å²) in [6.45, 7) is 2.52. The number of nitrogens with zero attached hydrogens (tertiary/aromatic N) is 2. The molecule has 0 bridgehead atoms. The maximum atomic E-state index is 11.2. The molecule has 2 aromatic heterocycles. The Morgan fingerprint density at radius 1 is 1.16 bits per heavy atom. The fraction of sp³-hybridized carbons (Fsp3) is 0.211. The van der Waals surface area contributed by atoms with E-state index in [0.717, 1.165) is 27.8 Å². The molecular weight excluding hydrogens is 316 g/mol. The van der Waals surface area contributed by atoms with Crippen molar-refractivity contribution < 1.29 is 9.90 Å². The van der Waals surface area contributed by atoms with Crippen molar-refractivity contribution in [3.63, 3.8) is 0 Å². The molecule has 1 atom stereocenters. The van der Waals surface area contributed by atoms with Gasteiger partial charge in [-0.1, -0.05) is 19.1 Å². The second-order valence-corrected chi connectivity index (χ2v) is 5.73. The molecule has 2 heterocycles. The summed E-state index contributed by atoms with van der Waals surface area (Å²) in [5, 5.41) is 17.5. The lowest BCUT2D eigenvalue weighted by Crippen LogP contribution is -2.38. The minimum Gasteiger partial charge on any atom is -0.480 e. The van der Waals surface area contributed by atoms with Gasteiger partial charge < -0.3 is 15.7 Å². The lowest BCUT2D eigenvalue weighted by atomic mass is 10.1. The number of aliphatic carboxylic acids is 1. The van der Waals surface area contributed by atoms with E-state index in [1.165, 1.54) is 0 Å². The van der Waals surface area contributed by atoms with Crippen LogP contribution in [-0.4, -0.2) is 33.6 Å². The molecule has 0 fully saturated rings. The highest BCUT2D eigenvalue weighted by Gasteiger charge is 2.16. The maximum Gasteiger partial charge on any atom is 0.321 e. The van der Waals surface area contributed by atoms with Crippen LogP contribution >= 0.6 is 0 Å². The number of hydrogen-bond acceptors (Lipinski definition) is 5. The summed E-state index contributed by atoms with van der Waals surface area (Å²) in [4.78, 5) is 19.8. The highest BCUT2D eigenvalue weighted by Crippen LogP contribution is 2.23. The fourth-order valence-corrected chi connectivity index (χ4v) is 2.70. The number of carboxylic acids is 1. The smallest absolute Gasteiger partial charge is 0.321 e. The summed E-state index contributed by atoms with van der Waals surface area (Å²) in [7, 11) is 0. The lowest BCUT2D eigenvalue weighted by Gasteiger charge is -2.14. The van der Waals surface area contributed by atoms with E-state index in [1.807, 2.05) is 43.3 Å². The average molecular weight is 336 g/mol. The van der Waals surface area contributed by atoms with Gasteiger partial charge >= 0.3 is 5.97 Å². The Balaban J connectivity index is 1.75. The normalized spacial score (nSPS) is 12.0. The van der Waals surface area contributed by atoms with Crippen molar-refractivity contribution in [2.24, 2.45) is 0 Å². The molecule has 0 saturated heterocycles. The van der Waals surface area contributed by atoms with Gasteiger partial charge in [0.25, 0.3) is 0 Å². The van der Waals surface area contributed by atoms with Crippen LogP contribution in [0.25, 0.3) is 10.8 Å². The number of hydrogen-bond donors (Lipinski definition) is 3. The highest BCUT2D eigenvalue weighted by molar-refractivity contribution is 5.92. The van der Waals surface area contributed by atoms with Gasteiger partial charge in [0.15, 0.2) is 0 Å². The number of likely N-dealkylation sites (N-methyl/N-ethyl adjacent to an activating group) is 1. The first kappa shape index (κ1) is 16.9. The van der Waals surface area contributed by atoms with Crippen LogP contribution in [0.3, 0.4) is 0 Å². The van der Waals surface area contributed by atoms with Crippen LogP contribution in [0.2, 0.25) is 0 Å². The van der Waals surface area contributed by atoms with Gasteiger partial charge in [0.2, 0.25) is 0 Å². The predicted octanol–water partition coefficient (Wildman–Crippen LogP) is 2.98. The molecule has 0 aliphatic carbocycles. The number of nitrogens with one attached hydrogen (secondary N) is 2. The molecule has 0 spiro atoms. The molecule has 0 radical (unpaired) electrons. The first-order chi connectivity index (χ1) is 12.2. The van der Waals surface area contributed by atoms with Gasteiger partial charge in [0, 0.05) is 29.7 Å². The van der Waals surface area contributed by atoms with Crippen LogP contribution in [0.15, 0.2) is 55.0 Å². The molecule has 0 aliphatic heterocycles. The Morgan fingerprint density at radius 2 is 1.92 bits per heavy atom. The third-order valence-electron chi connectivity index (χ3n) is 3.97. The van der Waals surface area contributed by atoms with E-state index in [-0.39, 0.29) is 0 Å². The second-order valence-electron chi connectivity index (χ2n) is 5.73. The topological polar surface area (TPSA) is 87.1 Å². The van der Waals surface area contributed by atoms with E-state index in [1.54, 1.807) is 18.6 Å². The minimum absolute atomic E-state index is 0.444. The number of benzene rings is 1. The number of rotatable bonds is 7. The van der Waals surface area contributed by atoms with Gasteiger partial charge in [-0.25, -0.2) is 4.98 Å². The van der Waals surface area contributed by atoms with Gasteiger partial charge in [0.05, 0.1) is 0 Å². The highest BCUT2D eigenvalue weighted by atomic mass is 16.4.